The lowest BCUT2D eigenvalue weighted by atomic mass is 10.2. The van der Waals surface area contributed by atoms with Crippen molar-refractivity contribution in [3.05, 3.63) is 23.5 Å². The van der Waals surface area contributed by atoms with Gasteiger partial charge in [-0.2, -0.15) is 13.2 Å². The van der Waals surface area contributed by atoms with Crippen LogP contribution in [0.25, 0.3) is 0 Å². The van der Waals surface area contributed by atoms with Crippen LogP contribution in [0.5, 0.6) is 0 Å². The van der Waals surface area contributed by atoms with Gasteiger partial charge in [0.1, 0.15) is 0 Å². The third kappa shape index (κ3) is 5.21. The smallest absolute Gasteiger partial charge is 0.384 e. The minimum Gasteiger partial charge on any atom is -0.384 e. The van der Waals surface area contributed by atoms with Gasteiger partial charge >= 0.3 is 6.18 Å². The first-order valence-electron chi connectivity index (χ1n) is 4.89. The first-order valence-corrected chi connectivity index (χ1v) is 5.27. The lowest BCUT2D eigenvalue weighted by Gasteiger charge is -2.08. The van der Waals surface area contributed by atoms with Crippen LogP contribution in [0.4, 0.5) is 18.9 Å². The Balaban J connectivity index is 2.19. The van der Waals surface area contributed by atoms with Crippen molar-refractivity contribution in [1.29, 1.82) is 0 Å². The molecule has 0 amide bonds. The number of hydrogen-bond acceptors (Lipinski definition) is 2. The average Bonchev–Trinajstić information content (AvgIpc) is 2.18. The molecule has 2 nitrogen and oxygen atoms in total. The number of nitrogens with one attached hydrogen (secondary N) is 1. The van der Waals surface area contributed by atoms with Gasteiger partial charge < -0.3 is 5.32 Å². The maximum absolute atomic E-state index is 11.8. The number of halogens is 4. The predicted octanol–water partition coefficient (Wildman–Crippen LogP) is 3.88. The molecule has 0 unspecified atom stereocenters. The summed E-state index contributed by atoms with van der Waals surface area (Å²) in [6.45, 7) is 0.472. The summed E-state index contributed by atoms with van der Waals surface area (Å²) in [6, 6.07) is 1.69. The van der Waals surface area contributed by atoms with Gasteiger partial charge in [0.2, 0.25) is 0 Å². The summed E-state index contributed by atoms with van der Waals surface area (Å²) in [5, 5.41) is 3.43. The van der Waals surface area contributed by atoms with E-state index < -0.39 is 12.6 Å². The summed E-state index contributed by atoms with van der Waals surface area (Å²) in [6.07, 6.45) is -1.16. The normalized spacial score (nSPS) is 11.5. The highest BCUT2D eigenvalue weighted by molar-refractivity contribution is 6.33. The Kier molecular flexibility index (Phi) is 4.86. The Morgan fingerprint density at radius 3 is 2.69 bits per heavy atom. The van der Waals surface area contributed by atoms with Crippen molar-refractivity contribution in [3.63, 3.8) is 0 Å². The molecule has 1 aromatic rings. The largest absolute Gasteiger partial charge is 0.389 e. The topological polar surface area (TPSA) is 24.9 Å². The lowest BCUT2D eigenvalue weighted by Crippen LogP contribution is -2.08. The standard InChI is InChI=1S/C10H12ClF3N2/c11-8-7-15-6-3-9(8)16-5-2-1-4-10(12,13)14/h3,6-7H,1-2,4-5H2,(H,15,16). The number of pyridine rings is 1. The van der Waals surface area contributed by atoms with Gasteiger partial charge in [0.15, 0.2) is 0 Å². The van der Waals surface area contributed by atoms with Crippen LogP contribution in [-0.2, 0) is 0 Å². The molecule has 1 rings (SSSR count). The summed E-state index contributed by atoms with van der Waals surface area (Å²) >= 11 is 5.80. The van der Waals surface area contributed by atoms with Crippen molar-refractivity contribution < 1.29 is 13.2 Å². The van der Waals surface area contributed by atoms with Gasteiger partial charge in [-0.25, -0.2) is 0 Å². The Bertz CT molecular complexity index is 328. The third-order valence-electron chi connectivity index (χ3n) is 1.97. The minimum absolute atomic E-state index is 0.124. The van der Waals surface area contributed by atoms with Crippen LogP contribution in [0.3, 0.4) is 0 Å². The molecule has 1 aromatic heterocycles. The van der Waals surface area contributed by atoms with E-state index in [1.54, 1.807) is 12.3 Å². The Morgan fingerprint density at radius 2 is 2.06 bits per heavy atom. The highest BCUT2D eigenvalue weighted by Crippen LogP contribution is 2.23. The van der Waals surface area contributed by atoms with E-state index in [9.17, 15) is 13.2 Å². The maximum Gasteiger partial charge on any atom is 0.389 e. The molecule has 0 bridgehead atoms. The van der Waals surface area contributed by atoms with Crippen LogP contribution in [-0.4, -0.2) is 17.7 Å². The lowest BCUT2D eigenvalue weighted by molar-refractivity contribution is -0.135. The van der Waals surface area contributed by atoms with Crippen LogP contribution in [0.15, 0.2) is 18.5 Å². The van der Waals surface area contributed by atoms with Crippen LogP contribution >= 0.6 is 11.6 Å². The van der Waals surface area contributed by atoms with E-state index >= 15 is 0 Å². The highest BCUT2D eigenvalue weighted by atomic mass is 35.5. The second kappa shape index (κ2) is 5.94. The molecule has 0 saturated heterocycles. The first-order chi connectivity index (χ1) is 7.49. The maximum atomic E-state index is 11.8. The van der Waals surface area contributed by atoms with Gasteiger partial charge in [-0.3, -0.25) is 4.98 Å². The fraction of sp³-hybridized carbons (Fsp3) is 0.500. The van der Waals surface area contributed by atoms with Crippen molar-refractivity contribution >= 4 is 17.3 Å². The molecule has 0 fully saturated rings. The number of nitrogens with zero attached hydrogens (tertiary/aromatic N) is 1. The van der Waals surface area contributed by atoms with E-state index in [0.717, 1.165) is 0 Å². The molecule has 16 heavy (non-hydrogen) atoms. The fourth-order valence-corrected chi connectivity index (χ4v) is 1.38. The van der Waals surface area contributed by atoms with E-state index in [2.05, 4.69) is 10.3 Å². The van der Waals surface area contributed by atoms with Crippen LogP contribution in [0, 0.1) is 0 Å². The second-order valence-corrected chi connectivity index (χ2v) is 3.76. The highest BCUT2D eigenvalue weighted by Gasteiger charge is 2.25. The number of hydrogen-bond donors (Lipinski definition) is 1. The number of anilines is 1. The molecule has 0 spiro atoms. The molecule has 0 aliphatic carbocycles. The van der Waals surface area contributed by atoms with E-state index in [1.807, 2.05) is 0 Å². The molecular weight excluding hydrogens is 241 g/mol. The molecule has 0 atom stereocenters. The second-order valence-electron chi connectivity index (χ2n) is 3.35. The molecule has 0 saturated carbocycles. The van der Waals surface area contributed by atoms with Crippen molar-refractivity contribution in [2.75, 3.05) is 11.9 Å². The van der Waals surface area contributed by atoms with Crippen LogP contribution < -0.4 is 5.32 Å². The van der Waals surface area contributed by atoms with Crippen molar-refractivity contribution in [2.45, 2.75) is 25.4 Å². The quantitative estimate of drug-likeness (QED) is 0.805. The summed E-state index contributed by atoms with van der Waals surface area (Å²) in [7, 11) is 0. The summed E-state index contributed by atoms with van der Waals surface area (Å²) in [5.41, 5.74) is 0.698. The molecule has 0 aliphatic heterocycles. The zero-order chi connectivity index (χ0) is 12.0. The minimum atomic E-state index is -4.06. The molecule has 0 aromatic carbocycles. The molecule has 1 N–H and O–H groups in total. The number of rotatable bonds is 5. The van der Waals surface area contributed by atoms with Crippen molar-refractivity contribution in [2.24, 2.45) is 0 Å². The zero-order valence-electron chi connectivity index (χ0n) is 8.52. The van der Waals surface area contributed by atoms with Gasteiger partial charge in [-0.1, -0.05) is 11.6 Å². The molecule has 0 aliphatic rings. The van der Waals surface area contributed by atoms with E-state index in [1.165, 1.54) is 6.20 Å². The van der Waals surface area contributed by atoms with Gasteiger partial charge in [-0.05, 0) is 18.9 Å². The van der Waals surface area contributed by atoms with E-state index in [4.69, 9.17) is 11.6 Å². The third-order valence-corrected chi connectivity index (χ3v) is 2.28. The van der Waals surface area contributed by atoms with Crippen molar-refractivity contribution in [1.82, 2.24) is 4.98 Å². The number of aromatic nitrogens is 1. The van der Waals surface area contributed by atoms with Crippen molar-refractivity contribution in [3.8, 4) is 0 Å². The van der Waals surface area contributed by atoms with Crippen LogP contribution in [0.1, 0.15) is 19.3 Å². The molecule has 1 heterocycles. The van der Waals surface area contributed by atoms with Crippen LogP contribution in [0.2, 0.25) is 5.02 Å². The Hall–Kier alpha value is -0.970. The zero-order valence-corrected chi connectivity index (χ0v) is 9.28. The Morgan fingerprint density at radius 1 is 1.31 bits per heavy atom. The molecular formula is C10H12ClF3N2. The molecule has 6 heteroatoms. The molecule has 0 radical (unpaired) electrons. The van der Waals surface area contributed by atoms with Gasteiger partial charge in [0, 0.05) is 25.4 Å². The van der Waals surface area contributed by atoms with Gasteiger partial charge in [0.25, 0.3) is 0 Å². The predicted molar refractivity (Wildman–Crippen MR) is 57.6 cm³/mol. The molecule has 90 valence electrons. The first kappa shape index (κ1) is 13.1. The SMILES string of the molecule is FC(F)(F)CCCCNc1ccncc1Cl. The van der Waals surface area contributed by atoms with Gasteiger partial charge in [0.05, 0.1) is 10.7 Å². The summed E-state index contributed by atoms with van der Waals surface area (Å²) in [5.74, 6) is 0. The number of alkyl halides is 3. The fourth-order valence-electron chi connectivity index (χ4n) is 1.19. The van der Waals surface area contributed by atoms with Gasteiger partial charge in [-0.15, -0.1) is 0 Å². The average molecular weight is 253 g/mol. The Labute approximate surface area is 96.8 Å². The summed E-state index contributed by atoms with van der Waals surface area (Å²) in [4.78, 5) is 3.80. The summed E-state index contributed by atoms with van der Waals surface area (Å²) < 4.78 is 35.5. The monoisotopic (exact) mass is 252 g/mol. The van der Waals surface area contributed by atoms with E-state index in [0.29, 0.717) is 23.7 Å². The van der Waals surface area contributed by atoms with E-state index in [-0.39, 0.29) is 6.42 Å². The number of unbranched alkanes of at least 4 members (excludes halogenated alkanes) is 1.